The van der Waals surface area contributed by atoms with Crippen molar-refractivity contribution >= 4 is 33.1 Å². The molecule has 38 heavy (non-hydrogen) atoms. The molecule has 0 atom stereocenters. The molecule has 1 N–H and O–H groups in total. The van der Waals surface area contributed by atoms with Crippen LogP contribution >= 0.6 is 11.3 Å². The molecule has 0 saturated carbocycles. The molecule has 2 heterocycles. The van der Waals surface area contributed by atoms with E-state index in [4.69, 9.17) is 4.98 Å². The third-order valence-electron chi connectivity index (χ3n) is 6.62. The minimum absolute atomic E-state index is 0.255. The van der Waals surface area contributed by atoms with E-state index in [1.807, 2.05) is 68.4 Å². The summed E-state index contributed by atoms with van der Waals surface area (Å²) in [6.07, 6.45) is 1.02. The zero-order valence-electron chi connectivity index (χ0n) is 22.0. The number of pyridine rings is 1. The van der Waals surface area contributed by atoms with Crippen molar-refractivity contribution in [1.29, 1.82) is 5.26 Å². The number of benzene rings is 3. The molecule has 4 nitrogen and oxygen atoms in total. The van der Waals surface area contributed by atoms with Gasteiger partial charge in [-0.3, -0.25) is 4.79 Å². The van der Waals surface area contributed by atoms with Gasteiger partial charge in [-0.15, -0.1) is 11.3 Å². The lowest BCUT2D eigenvalue weighted by atomic mass is 9.99. The second-order valence-electron chi connectivity index (χ2n) is 10.0. The van der Waals surface area contributed by atoms with E-state index in [1.54, 1.807) is 0 Å². The minimum Gasteiger partial charge on any atom is -0.312 e. The number of carbonyl (C=O) groups excluding carboxylic acids is 1. The molecule has 0 aliphatic heterocycles. The maximum absolute atomic E-state index is 13.7. The quantitative estimate of drug-likeness (QED) is 0.246. The first-order chi connectivity index (χ1) is 18.3. The van der Waals surface area contributed by atoms with Gasteiger partial charge in [0.15, 0.2) is 0 Å². The summed E-state index contributed by atoms with van der Waals surface area (Å²) in [5, 5.41) is 14.4. The molecule has 0 aliphatic rings. The summed E-state index contributed by atoms with van der Waals surface area (Å²) in [5.74, 6) is 0.329. The Hall–Kier alpha value is -4.27. The van der Waals surface area contributed by atoms with Crippen molar-refractivity contribution in [3.63, 3.8) is 0 Å². The van der Waals surface area contributed by atoms with Crippen molar-refractivity contribution in [3.05, 3.63) is 106 Å². The molecule has 5 aromatic rings. The maximum atomic E-state index is 13.7. The van der Waals surface area contributed by atoms with Gasteiger partial charge in [0.05, 0.1) is 22.3 Å². The Balaban J connectivity index is 1.53. The number of aromatic nitrogens is 1. The SMILES string of the molecule is Cc1ccc(-c2c(C)sc(NC(=O)c3cc(-c4ccc(CC(C)C)cc4)nc4ccccc34)c2C#N)cc1. The molecular weight excluding hydrogens is 486 g/mol. The highest BCUT2D eigenvalue weighted by Crippen LogP contribution is 2.40. The Kier molecular flexibility index (Phi) is 7.09. The first kappa shape index (κ1) is 25.4. The average molecular weight is 516 g/mol. The lowest BCUT2D eigenvalue weighted by Gasteiger charge is -2.11. The maximum Gasteiger partial charge on any atom is 0.257 e. The monoisotopic (exact) mass is 515 g/mol. The van der Waals surface area contributed by atoms with Gasteiger partial charge in [-0.1, -0.05) is 86.1 Å². The summed E-state index contributed by atoms with van der Waals surface area (Å²) < 4.78 is 0. The van der Waals surface area contributed by atoms with Crippen LogP contribution in [0.2, 0.25) is 0 Å². The van der Waals surface area contributed by atoms with Crippen molar-refractivity contribution in [1.82, 2.24) is 4.98 Å². The largest absolute Gasteiger partial charge is 0.312 e. The number of hydrogen-bond donors (Lipinski definition) is 1. The number of nitriles is 1. The molecule has 1 amide bonds. The van der Waals surface area contributed by atoms with Crippen LogP contribution in [0.15, 0.2) is 78.9 Å². The van der Waals surface area contributed by atoms with E-state index < -0.39 is 0 Å². The molecule has 0 radical (unpaired) electrons. The van der Waals surface area contributed by atoms with Gasteiger partial charge in [-0.2, -0.15) is 5.26 Å². The first-order valence-electron chi connectivity index (χ1n) is 12.7. The fraction of sp³-hybridized carbons (Fsp3) is 0.182. The molecule has 5 heteroatoms. The minimum atomic E-state index is -0.255. The Morgan fingerprint density at radius 1 is 0.974 bits per heavy atom. The predicted molar refractivity (Wildman–Crippen MR) is 158 cm³/mol. The van der Waals surface area contributed by atoms with Gasteiger partial charge in [-0.05, 0) is 49.4 Å². The summed E-state index contributed by atoms with van der Waals surface area (Å²) >= 11 is 1.43. The highest BCUT2D eigenvalue weighted by molar-refractivity contribution is 7.17. The van der Waals surface area contributed by atoms with Gasteiger partial charge in [0.2, 0.25) is 0 Å². The summed E-state index contributed by atoms with van der Waals surface area (Å²) in [4.78, 5) is 19.6. The topological polar surface area (TPSA) is 65.8 Å². The standard InChI is InChI=1S/C33H29N3OS/c1-20(2)17-23-11-15-24(16-12-23)30-18-27(26-7-5-6-8-29(26)35-30)32(37)36-33-28(19-34)31(22(4)38-33)25-13-9-21(3)10-14-25/h5-16,18,20H,17H2,1-4H3,(H,36,37). The van der Waals surface area contributed by atoms with Crippen molar-refractivity contribution in [3.8, 4) is 28.5 Å². The van der Waals surface area contributed by atoms with Crippen LogP contribution in [0.3, 0.4) is 0 Å². The van der Waals surface area contributed by atoms with Crippen molar-refractivity contribution in [2.45, 2.75) is 34.1 Å². The molecule has 2 aromatic heterocycles. The van der Waals surface area contributed by atoms with Gasteiger partial charge >= 0.3 is 0 Å². The smallest absolute Gasteiger partial charge is 0.257 e. The van der Waals surface area contributed by atoms with Crippen LogP contribution in [0, 0.1) is 31.1 Å². The lowest BCUT2D eigenvalue weighted by Crippen LogP contribution is -2.13. The number of nitrogens with one attached hydrogen (secondary N) is 1. The lowest BCUT2D eigenvalue weighted by molar-refractivity contribution is 0.102. The Morgan fingerprint density at radius 2 is 1.66 bits per heavy atom. The first-order valence-corrected chi connectivity index (χ1v) is 13.6. The number of amides is 1. The van der Waals surface area contributed by atoms with E-state index in [2.05, 4.69) is 49.5 Å². The molecule has 0 saturated heterocycles. The van der Waals surface area contributed by atoms with Crippen LogP contribution in [-0.2, 0) is 6.42 Å². The second kappa shape index (κ2) is 10.6. The van der Waals surface area contributed by atoms with E-state index in [0.29, 0.717) is 22.0 Å². The Morgan fingerprint density at radius 3 is 2.34 bits per heavy atom. The number of hydrogen-bond acceptors (Lipinski definition) is 4. The Bertz CT molecular complexity index is 1670. The van der Waals surface area contributed by atoms with Crippen LogP contribution in [-0.4, -0.2) is 10.9 Å². The number of nitrogens with zero attached hydrogens (tertiary/aromatic N) is 2. The fourth-order valence-electron chi connectivity index (χ4n) is 4.77. The van der Waals surface area contributed by atoms with E-state index in [9.17, 15) is 10.1 Å². The van der Waals surface area contributed by atoms with Gasteiger partial charge in [0.25, 0.3) is 5.91 Å². The molecule has 0 bridgehead atoms. The van der Waals surface area contributed by atoms with Crippen LogP contribution < -0.4 is 5.32 Å². The van der Waals surface area contributed by atoms with Crippen LogP contribution in [0.5, 0.6) is 0 Å². The van der Waals surface area contributed by atoms with E-state index in [-0.39, 0.29) is 5.91 Å². The number of rotatable bonds is 6. The molecule has 0 fully saturated rings. The predicted octanol–water partition coefficient (Wildman–Crippen LogP) is 8.57. The van der Waals surface area contributed by atoms with Crippen molar-refractivity contribution in [2.75, 3.05) is 5.32 Å². The number of thiophene rings is 1. The Labute approximate surface area is 227 Å². The number of fused-ring (bicyclic) bond motifs is 1. The van der Waals surface area contributed by atoms with Gasteiger partial charge in [0, 0.05) is 21.4 Å². The van der Waals surface area contributed by atoms with Crippen molar-refractivity contribution in [2.24, 2.45) is 5.92 Å². The third kappa shape index (κ3) is 5.09. The number of anilines is 1. The summed E-state index contributed by atoms with van der Waals surface area (Å²) in [7, 11) is 0. The zero-order valence-corrected chi connectivity index (χ0v) is 22.8. The summed E-state index contributed by atoms with van der Waals surface area (Å²) in [6.45, 7) is 8.44. The zero-order chi connectivity index (χ0) is 26.8. The van der Waals surface area contributed by atoms with Crippen molar-refractivity contribution < 1.29 is 4.79 Å². The van der Waals surface area contributed by atoms with E-state index >= 15 is 0 Å². The fourth-order valence-corrected chi connectivity index (χ4v) is 5.79. The molecule has 5 rings (SSSR count). The van der Waals surface area contributed by atoms with Crippen LogP contribution in [0.25, 0.3) is 33.3 Å². The van der Waals surface area contributed by atoms with E-state index in [0.717, 1.165) is 50.1 Å². The third-order valence-corrected chi connectivity index (χ3v) is 7.64. The van der Waals surface area contributed by atoms with Gasteiger partial charge in [-0.25, -0.2) is 4.98 Å². The molecule has 0 aliphatic carbocycles. The number of aryl methyl sites for hydroxylation is 2. The van der Waals surface area contributed by atoms with Gasteiger partial charge in [0.1, 0.15) is 11.1 Å². The van der Waals surface area contributed by atoms with Crippen LogP contribution in [0.4, 0.5) is 5.00 Å². The molecule has 188 valence electrons. The molecular formula is C33H29N3OS. The number of carbonyl (C=O) groups is 1. The highest BCUT2D eigenvalue weighted by atomic mass is 32.1. The highest BCUT2D eigenvalue weighted by Gasteiger charge is 2.21. The normalized spacial score (nSPS) is 11.1. The average Bonchev–Trinajstić information content (AvgIpc) is 3.22. The second-order valence-corrected chi connectivity index (χ2v) is 11.3. The van der Waals surface area contributed by atoms with Crippen LogP contribution in [0.1, 0.15) is 45.8 Å². The molecule has 3 aromatic carbocycles. The molecule has 0 unspecified atom stereocenters. The van der Waals surface area contributed by atoms with Gasteiger partial charge < -0.3 is 5.32 Å². The summed E-state index contributed by atoms with van der Waals surface area (Å²) in [5.41, 5.74) is 7.76. The molecule has 0 spiro atoms. The number of para-hydroxylation sites is 1. The summed E-state index contributed by atoms with van der Waals surface area (Å²) in [6, 6.07) is 28.4. The van der Waals surface area contributed by atoms with E-state index in [1.165, 1.54) is 16.9 Å².